The molecule has 0 bridgehead atoms. The molecule has 0 unspecified atom stereocenters. The van der Waals surface area contributed by atoms with Crippen molar-refractivity contribution in [3.63, 3.8) is 0 Å². The first-order chi connectivity index (χ1) is 13.4. The van der Waals surface area contributed by atoms with Gasteiger partial charge in [0.15, 0.2) is 0 Å². The molecule has 2 aromatic rings. The van der Waals surface area contributed by atoms with Gasteiger partial charge in [-0.25, -0.2) is 4.79 Å². The minimum Gasteiger partial charge on any atom is -0.496 e. The molecule has 0 heterocycles. The summed E-state index contributed by atoms with van der Waals surface area (Å²) < 4.78 is 5.25. The first kappa shape index (κ1) is 21.0. The number of ether oxygens (including phenoxy) is 1. The van der Waals surface area contributed by atoms with Crippen molar-refractivity contribution in [3.8, 4) is 5.75 Å². The van der Waals surface area contributed by atoms with E-state index < -0.39 is 24.0 Å². The van der Waals surface area contributed by atoms with E-state index >= 15 is 0 Å². The van der Waals surface area contributed by atoms with Gasteiger partial charge in [0.1, 0.15) is 17.8 Å². The molecule has 0 saturated heterocycles. The molecule has 0 aliphatic heterocycles. The molecule has 148 valence electrons. The van der Waals surface area contributed by atoms with Crippen LogP contribution in [0.1, 0.15) is 18.1 Å². The highest BCUT2D eigenvalue weighted by Gasteiger charge is 2.27. The van der Waals surface area contributed by atoms with Gasteiger partial charge in [0.25, 0.3) is 0 Å². The molecule has 2 amide bonds. The summed E-state index contributed by atoms with van der Waals surface area (Å²) in [5.74, 6) is -1.54. The Bertz CT molecular complexity index is 823. The van der Waals surface area contributed by atoms with Gasteiger partial charge in [0.2, 0.25) is 11.8 Å². The molecule has 3 N–H and O–H groups in total. The molecule has 0 fully saturated rings. The molecule has 0 saturated carbocycles. The number of carbonyl (C=O) groups is 3. The van der Waals surface area contributed by atoms with Crippen molar-refractivity contribution in [2.75, 3.05) is 7.11 Å². The number of amides is 2. The molecule has 2 atom stereocenters. The highest BCUT2D eigenvalue weighted by atomic mass is 16.5. The fourth-order valence-corrected chi connectivity index (χ4v) is 2.87. The molecule has 7 nitrogen and oxygen atoms in total. The van der Waals surface area contributed by atoms with Crippen LogP contribution < -0.4 is 15.4 Å². The third kappa shape index (κ3) is 6.12. The SMILES string of the molecule is COc1ccccc1C[C@@H](NC(=O)[C@@H](Cc1ccccc1)NC(C)=O)C(=O)O. The van der Waals surface area contributed by atoms with Crippen LogP contribution in [0, 0.1) is 0 Å². The Labute approximate surface area is 163 Å². The van der Waals surface area contributed by atoms with Gasteiger partial charge >= 0.3 is 5.97 Å². The zero-order valence-corrected chi connectivity index (χ0v) is 15.8. The highest BCUT2D eigenvalue weighted by Crippen LogP contribution is 2.19. The minimum absolute atomic E-state index is 0.0587. The molecule has 7 heteroatoms. The molecule has 28 heavy (non-hydrogen) atoms. The number of carbonyl (C=O) groups excluding carboxylic acids is 2. The Morgan fingerprint density at radius 2 is 1.57 bits per heavy atom. The van der Waals surface area contributed by atoms with E-state index in [1.165, 1.54) is 14.0 Å². The van der Waals surface area contributed by atoms with E-state index in [1.807, 2.05) is 30.3 Å². The van der Waals surface area contributed by atoms with E-state index in [-0.39, 0.29) is 18.7 Å². The zero-order chi connectivity index (χ0) is 20.5. The lowest BCUT2D eigenvalue weighted by Crippen LogP contribution is -2.52. The van der Waals surface area contributed by atoms with E-state index in [2.05, 4.69) is 10.6 Å². The van der Waals surface area contributed by atoms with Crippen molar-refractivity contribution in [1.29, 1.82) is 0 Å². The van der Waals surface area contributed by atoms with E-state index in [0.717, 1.165) is 5.56 Å². The van der Waals surface area contributed by atoms with Crippen LogP contribution in [-0.4, -0.2) is 42.1 Å². The smallest absolute Gasteiger partial charge is 0.326 e. The van der Waals surface area contributed by atoms with E-state index in [4.69, 9.17) is 4.74 Å². The molecule has 2 rings (SSSR count). The number of rotatable bonds is 9. The van der Waals surface area contributed by atoms with Crippen molar-refractivity contribution in [1.82, 2.24) is 10.6 Å². The van der Waals surface area contributed by atoms with Gasteiger partial charge in [-0.1, -0.05) is 48.5 Å². The number of aliphatic carboxylic acids is 1. The summed E-state index contributed by atoms with van der Waals surface area (Å²) >= 11 is 0. The second-order valence-electron chi connectivity index (χ2n) is 6.36. The Hall–Kier alpha value is -3.35. The standard InChI is InChI=1S/C21H24N2O5/c1-14(24)22-17(12-15-8-4-3-5-9-15)20(25)23-18(21(26)27)13-16-10-6-7-11-19(16)28-2/h3-11,17-18H,12-13H2,1-2H3,(H,22,24)(H,23,25)(H,26,27)/t17-,18-/m1/s1. The number of para-hydroxylation sites is 1. The maximum absolute atomic E-state index is 12.7. The average Bonchev–Trinajstić information content (AvgIpc) is 2.67. The van der Waals surface area contributed by atoms with Gasteiger partial charge < -0.3 is 20.5 Å². The number of carboxylic acid groups (broad SMARTS) is 1. The van der Waals surface area contributed by atoms with Crippen LogP contribution in [0.25, 0.3) is 0 Å². The molecule has 0 spiro atoms. The van der Waals surface area contributed by atoms with E-state index in [0.29, 0.717) is 11.3 Å². The van der Waals surface area contributed by atoms with Crippen molar-refractivity contribution in [2.24, 2.45) is 0 Å². The zero-order valence-electron chi connectivity index (χ0n) is 15.8. The van der Waals surface area contributed by atoms with Gasteiger partial charge in [0, 0.05) is 19.8 Å². The molecule has 0 aromatic heterocycles. The van der Waals surface area contributed by atoms with Crippen LogP contribution in [0.4, 0.5) is 0 Å². The Morgan fingerprint density at radius 3 is 2.18 bits per heavy atom. The Morgan fingerprint density at radius 1 is 0.929 bits per heavy atom. The van der Waals surface area contributed by atoms with Crippen LogP contribution >= 0.6 is 0 Å². The predicted molar refractivity (Wildman–Crippen MR) is 104 cm³/mol. The Balaban J connectivity index is 2.15. The number of benzene rings is 2. The van der Waals surface area contributed by atoms with E-state index in [9.17, 15) is 19.5 Å². The summed E-state index contributed by atoms with van der Waals surface area (Å²) in [6.45, 7) is 1.31. The first-order valence-electron chi connectivity index (χ1n) is 8.86. The second kappa shape index (κ2) is 10.1. The van der Waals surface area contributed by atoms with Gasteiger partial charge in [-0.2, -0.15) is 0 Å². The minimum atomic E-state index is -1.17. The monoisotopic (exact) mass is 384 g/mol. The first-order valence-corrected chi connectivity index (χ1v) is 8.86. The normalized spacial score (nSPS) is 12.5. The number of hydrogen-bond acceptors (Lipinski definition) is 4. The number of carboxylic acids is 1. The van der Waals surface area contributed by atoms with Gasteiger partial charge in [-0.15, -0.1) is 0 Å². The molecule has 0 aliphatic carbocycles. The summed E-state index contributed by atoms with van der Waals surface area (Å²) in [6.07, 6.45) is 0.316. The lowest BCUT2D eigenvalue weighted by atomic mass is 10.0. The number of nitrogens with one attached hydrogen (secondary N) is 2. The van der Waals surface area contributed by atoms with Crippen LogP contribution in [0.3, 0.4) is 0 Å². The van der Waals surface area contributed by atoms with Gasteiger partial charge in [-0.05, 0) is 17.2 Å². The van der Waals surface area contributed by atoms with E-state index in [1.54, 1.807) is 24.3 Å². The van der Waals surface area contributed by atoms with Crippen LogP contribution in [0.5, 0.6) is 5.75 Å². The number of hydrogen-bond donors (Lipinski definition) is 3. The fraction of sp³-hybridized carbons (Fsp3) is 0.286. The summed E-state index contributed by atoms with van der Waals surface area (Å²) in [5.41, 5.74) is 1.52. The summed E-state index contributed by atoms with van der Waals surface area (Å²) in [5, 5.41) is 14.7. The molecule has 2 aromatic carbocycles. The predicted octanol–water partition coefficient (Wildman–Crippen LogP) is 1.55. The largest absolute Gasteiger partial charge is 0.496 e. The summed E-state index contributed by atoms with van der Waals surface area (Å²) in [4.78, 5) is 35.9. The topological polar surface area (TPSA) is 105 Å². The third-order valence-corrected chi connectivity index (χ3v) is 4.21. The van der Waals surface area contributed by atoms with Crippen molar-refractivity contribution in [2.45, 2.75) is 31.8 Å². The lowest BCUT2D eigenvalue weighted by molar-refractivity contribution is -0.142. The van der Waals surface area contributed by atoms with Crippen LogP contribution in [0.2, 0.25) is 0 Å². The van der Waals surface area contributed by atoms with Crippen LogP contribution in [0.15, 0.2) is 54.6 Å². The third-order valence-electron chi connectivity index (χ3n) is 4.21. The van der Waals surface area contributed by atoms with Gasteiger partial charge in [0.05, 0.1) is 7.11 Å². The molecule has 0 radical (unpaired) electrons. The molecular formula is C21H24N2O5. The average molecular weight is 384 g/mol. The second-order valence-corrected chi connectivity index (χ2v) is 6.36. The van der Waals surface area contributed by atoms with Crippen molar-refractivity contribution < 1.29 is 24.2 Å². The Kier molecular flexibility index (Phi) is 7.56. The fourth-order valence-electron chi connectivity index (χ4n) is 2.87. The molecule has 0 aliphatic rings. The number of methoxy groups -OCH3 is 1. The summed E-state index contributed by atoms with van der Waals surface area (Å²) in [6, 6.07) is 14.2. The van der Waals surface area contributed by atoms with Crippen LogP contribution in [-0.2, 0) is 27.2 Å². The van der Waals surface area contributed by atoms with Crippen molar-refractivity contribution in [3.05, 3.63) is 65.7 Å². The lowest BCUT2D eigenvalue weighted by Gasteiger charge is -2.21. The van der Waals surface area contributed by atoms with Crippen molar-refractivity contribution >= 4 is 17.8 Å². The maximum Gasteiger partial charge on any atom is 0.326 e. The molecular weight excluding hydrogens is 360 g/mol. The van der Waals surface area contributed by atoms with Gasteiger partial charge in [-0.3, -0.25) is 9.59 Å². The maximum atomic E-state index is 12.7. The quantitative estimate of drug-likeness (QED) is 0.609. The summed E-state index contributed by atoms with van der Waals surface area (Å²) in [7, 11) is 1.50. The highest BCUT2D eigenvalue weighted by molar-refractivity contribution is 5.90.